The Morgan fingerprint density at radius 2 is 1.81 bits per heavy atom. The van der Waals surface area contributed by atoms with Crippen molar-refractivity contribution in [1.29, 1.82) is 0 Å². The molecule has 0 aromatic heterocycles. The highest BCUT2D eigenvalue weighted by molar-refractivity contribution is 5.46. The third kappa shape index (κ3) is 2.75. The second kappa shape index (κ2) is 5.33. The van der Waals surface area contributed by atoms with Gasteiger partial charge in [-0.15, -0.1) is 0 Å². The van der Waals surface area contributed by atoms with Crippen LogP contribution in [0.1, 0.15) is 32.6 Å². The average molecular weight is 221 g/mol. The van der Waals surface area contributed by atoms with Crippen molar-refractivity contribution in [3.8, 4) is 0 Å². The molecule has 1 aromatic carbocycles. The first kappa shape index (κ1) is 11.4. The van der Waals surface area contributed by atoms with Crippen molar-refractivity contribution in [2.75, 3.05) is 18.0 Å². The van der Waals surface area contributed by atoms with Crippen LogP contribution in [0.3, 0.4) is 0 Å². The number of anilines is 1. The van der Waals surface area contributed by atoms with Gasteiger partial charge in [-0.05, 0) is 43.0 Å². The summed E-state index contributed by atoms with van der Waals surface area (Å²) >= 11 is 0. The van der Waals surface area contributed by atoms with Crippen LogP contribution in [0.15, 0.2) is 24.3 Å². The summed E-state index contributed by atoms with van der Waals surface area (Å²) in [7, 11) is 0. The zero-order valence-electron chi connectivity index (χ0n) is 9.95. The summed E-state index contributed by atoms with van der Waals surface area (Å²) in [5.74, 6) is 0.756. The molecule has 1 fully saturated rings. The van der Waals surface area contributed by atoms with Crippen LogP contribution in [0.5, 0.6) is 0 Å². The van der Waals surface area contributed by atoms with Gasteiger partial charge in [-0.2, -0.15) is 0 Å². The number of halogens is 1. The standard InChI is InChI=1S/C14H20FN/c1-2-3-12-8-10-16(11-9-12)14-6-4-13(15)5-7-14/h4-7,12H,2-3,8-11H2,1H3. The van der Waals surface area contributed by atoms with Crippen LogP contribution in [0.4, 0.5) is 10.1 Å². The maximum absolute atomic E-state index is 12.8. The third-order valence-corrected chi connectivity index (χ3v) is 3.50. The first-order chi connectivity index (χ1) is 7.79. The highest BCUT2D eigenvalue weighted by Crippen LogP contribution is 2.25. The molecular weight excluding hydrogens is 201 g/mol. The number of benzene rings is 1. The first-order valence-corrected chi connectivity index (χ1v) is 6.30. The molecule has 0 aliphatic carbocycles. The van der Waals surface area contributed by atoms with E-state index in [0.717, 1.165) is 24.7 Å². The van der Waals surface area contributed by atoms with Crippen molar-refractivity contribution in [2.24, 2.45) is 5.92 Å². The Bertz CT molecular complexity index is 312. The Balaban J connectivity index is 1.91. The Hall–Kier alpha value is -1.05. The molecular formula is C14H20FN. The summed E-state index contributed by atoms with van der Waals surface area (Å²) in [4.78, 5) is 2.37. The van der Waals surface area contributed by atoms with E-state index in [0.29, 0.717) is 0 Å². The predicted molar refractivity (Wildman–Crippen MR) is 66.2 cm³/mol. The van der Waals surface area contributed by atoms with Gasteiger partial charge in [0, 0.05) is 18.8 Å². The summed E-state index contributed by atoms with van der Waals surface area (Å²) in [5, 5.41) is 0. The lowest BCUT2D eigenvalue weighted by atomic mass is 9.92. The minimum Gasteiger partial charge on any atom is -0.372 e. The monoisotopic (exact) mass is 221 g/mol. The Kier molecular flexibility index (Phi) is 3.81. The largest absolute Gasteiger partial charge is 0.372 e. The third-order valence-electron chi connectivity index (χ3n) is 3.50. The molecule has 1 aliphatic heterocycles. The number of rotatable bonds is 3. The lowest BCUT2D eigenvalue weighted by Crippen LogP contribution is -2.33. The molecule has 0 spiro atoms. The van der Waals surface area contributed by atoms with Crippen molar-refractivity contribution in [3.05, 3.63) is 30.1 Å². The molecule has 1 heterocycles. The summed E-state index contributed by atoms with van der Waals surface area (Å²) in [6.45, 7) is 4.50. The van der Waals surface area contributed by atoms with Crippen LogP contribution in [-0.2, 0) is 0 Å². The van der Waals surface area contributed by atoms with E-state index in [1.807, 2.05) is 12.1 Å². The maximum atomic E-state index is 12.8. The predicted octanol–water partition coefficient (Wildman–Crippen LogP) is 3.84. The van der Waals surface area contributed by atoms with Crippen molar-refractivity contribution in [2.45, 2.75) is 32.6 Å². The molecule has 0 bridgehead atoms. The molecule has 1 aliphatic rings. The van der Waals surface area contributed by atoms with Gasteiger partial charge in [-0.1, -0.05) is 19.8 Å². The number of hydrogen-bond donors (Lipinski definition) is 0. The van der Waals surface area contributed by atoms with Gasteiger partial charge in [-0.25, -0.2) is 4.39 Å². The van der Waals surface area contributed by atoms with Gasteiger partial charge in [0.25, 0.3) is 0 Å². The fraction of sp³-hybridized carbons (Fsp3) is 0.571. The topological polar surface area (TPSA) is 3.24 Å². The summed E-state index contributed by atoms with van der Waals surface area (Å²) in [6.07, 6.45) is 5.22. The molecule has 0 amide bonds. The smallest absolute Gasteiger partial charge is 0.123 e. The van der Waals surface area contributed by atoms with E-state index in [4.69, 9.17) is 0 Å². The molecule has 16 heavy (non-hydrogen) atoms. The van der Waals surface area contributed by atoms with Crippen molar-refractivity contribution in [3.63, 3.8) is 0 Å². The lowest BCUT2D eigenvalue weighted by Gasteiger charge is -2.33. The van der Waals surface area contributed by atoms with Crippen LogP contribution in [-0.4, -0.2) is 13.1 Å². The maximum Gasteiger partial charge on any atom is 0.123 e. The minimum absolute atomic E-state index is 0.149. The quantitative estimate of drug-likeness (QED) is 0.749. The van der Waals surface area contributed by atoms with Crippen LogP contribution in [0.2, 0.25) is 0 Å². The molecule has 2 heteroatoms. The van der Waals surface area contributed by atoms with Gasteiger partial charge >= 0.3 is 0 Å². The fourth-order valence-corrected chi connectivity index (χ4v) is 2.54. The Labute approximate surface area is 97.3 Å². The van der Waals surface area contributed by atoms with E-state index in [9.17, 15) is 4.39 Å². The van der Waals surface area contributed by atoms with Crippen LogP contribution in [0.25, 0.3) is 0 Å². The summed E-state index contributed by atoms with van der Waals surface area (Å²) in [5.41, 5.74) is 1.16. The summed E-state index contributed by atoms with van der Waals surface area (Å²) in [6, 6.07) is 6.87. The number of piperidine rings is 1. The van der Waals surface area contributed by atoms with Crippen molar-refractivity contribution >= 4 is 5.69 Å². The zero-order valence-corrected chi connectivity index (χ0v) is 9.95. The van der Waals surface area contributed by atoms with Gasteiger partial charge in [0.05, 0.1) is 0 Å². The van der Waals surface area contributed by atoms with E-state index in [1.54, 1.807) is 12.1 Å². The lowest BCUT2D eigenvalue weighted by molar-refractivity contribution is 0.378. The van der Waals surface area contributed by atoms with Gasteiger partial charge in [-0.3, -0.25) is 0 Å². The molecule has 88 valence electrons. The molecule has 0 unspecified atom stereocenters. The second-order valence-electron chi connectivity index (χ2n) is 4.70. The zero-order chi connectivity index (χ0) is 11.4. The van der Waals surface area contributed by atoms with Gasteiger partial charge in [0.15, 0.2) is 0 Å². The van der Waals surface area contributed by atoms with Crippen LogP contribution in [0, 0.1) is 11.7 Å². The van der Waals surface area contributed by atoms with Gasteiger partial charge in [0.1, 0.15) is 5.82 Å². The first-order valence-electron chi connectivity index (χ1n) is 6.30. The molecule has 2 rings (SSSR count). The minimum atomic E-state index is -0.149. The highest BCUT2D eigenvalue weighted by atomic mass is 19.1. The van der Waals surface area contributed by atoms with E-state index in [2.05, 4.69) is 11.8 Å². The van der Waals surface area contributed by atoms with E-state index in [1.165, 1.54) is 25.7 Å². The van der Waals surface area contributed by atoms with E-state index >= 15 is 0 Å². The average Bonchev–Trinajstić information content (AvgIpc) is 2.32. The second-order valence-corrected chi connectivity index (χ2v) is 4.70. The van der Waals surface area contributed by atoms with Gasteiger partial charge in [0.2, 0.25) is 0 Å². The molecule has 0 saturated carbocycles. The summed E-state index contributed by atoms with van der Waals surface area (Å²) < 4.78 is 12.8. The fourth-order valence-electron chi connectivity index (χ4n) is 2.54. The molecule has 1 aromatic rings. The van der Waals surface area contributed by atoms with Gasteiger partial charge < -0.3 is 4.90 Å². The molecule has 0 N–H and O–H groups in total. The molecule has 1 saturated heterocycles. The normalized spacial score (nSPS) is 17.8. The van der Waals surface area contributed by atoms with E-state index in [-0.39, 0.29) is 5.82 Å². The Morgan fingerprint density at radius 1 is 1.19 bits per heavy atom. The van der Waals surface area contributed by atoms with E-state index < -0.39 is 0 Å². The number of hydrogen-bond acceptors (Lipinski definition) is 1. The molecule has 0 radical (unpaired) electrons. The van der Waals surface area contributed by atoms with Crippen molar-refractivity contribution in [1.82, 2.24) is 0 Å². The van der Waals surface area contributed by atoms with Crippen molar-refractivity contribution < 1.29 is 4.39 Å². The van der Waals surface area contributed by atoms with Crippen LogP contribution >= 0.6 is 0 Å². The number of nitrogens with zero attached hydrogens (tertiary/aromatic N) is 1. The highest BCUT2D eigenvalue weighted by Gasteiger charge is 2.18. The Morgan fingerprint density at radius 3 is 2.38 bits per heavy atom. The SMILES string of the molecule is CCCC1CCN(c2ccc(F)cc2)CC1. The molecule has 1 nitrogen and oxygen atoms in total. The van der Waals surface area contributed by atoms with Crippen LogP contribution < -0.4 is 4.90 Å². The molecule has 0 atom stereocenters.